The molecule has 1 amide bonds. The van der Waals surface area contributed by atoms with Gasteiger partial charge in [0, 0.05) is 18.1 Å². The zero-order chi connectivity index (χ0) is 20.4. The van der Waals surface area contributed by atoms with Crippen molar-refractivity contribution in [1.82, 2.24) is 5.32 Å². The lowest BCUT2D eigenvalue weighted by molar-refractivity contribution is -0.385. The number of hydrogen-bond acceptors (Lipinski definition) is 5. The number of carbonyl (C=O) groups excluding carboxylic acids is 1. The average Bonchev–Trinajstić information content (AvgIpc) is 2.51. The summed E-state index contributed by atoms with van der Waals surface area (Å²) in [5, 5.41) is 23.9. The van der Waals surface area contributed by atoms with Crippen LogP contribution in [0.25, 0.3) is 0 Å². The fourth-order valence-corrected chi connectivity index (χ4v) is 3.61. The van der Waals surface area contributed by atoms with Crippen molar-refractivity contribution < 1.29 is 19.6 Å². The Balaban J connectivity index is 2.28. The van der Waals surface area contributed by atoms with Crippen molar-refractivity contribution in [3.05, 3.63) is 38.9 Å². The lowest BCUT2D eigenvalue weighted by Gasteiger charge is -2.33. The SMILES string of the molecule is CC(C)(C)OC(=O)NC(CO)Cc1cc2c(cc1[N+](=O)[O-])C(C)(C)CCC2. The highest BCUT2D eigenvalue weighted by Crippen LogP contribution is 2.40. The van der Waals surface area contributed by atoms with Crippen LogP contribution in [-0.2, 0) is 23.0 Å². The summed E-state index contributed by atoms with van der Waals surface area (Å²) in [6, 6.07) is 2.88. The predicted molar refractivity (Wildman–Crippen MR) is 103 cm³/mol. The summed E-state index contributed by atoms with van der Waals surface area (Å²) in [6.45, 7) is 9.12. The van der Waals surface area contributed by atoms with Crippen molar-refractivity contribution in [3.8, 4) is 0 Å². The molecule has 1 unspecified atom stereocenters. The second kappa shape index (κ2) is 7.84. The van der Waals surface area contributed by atoms with E-state index in [4.69, 9.17) is 4.74 Å². The quantitative estimate of drug-likeness (QED) is 0.602. The molecule has 1 aromatic carbocycles. The Kier molecular flexibility index (Phi) is 6.14. The number of nitrogens with one attached hydrogen (secondary N) is 1. The molecule has 1 aliphatic rings. The Morgan fingerprint density at radius 3 is 2.63 bits per heavy atom. The van der Waals surface area contributed by atoms with E-state index in [1.54, 1.807) is 26.8 Å². The molecular formula is C20H30N2O5. The van der Waals surface area contributed by atoms with Gasteiger partial charge in [-0.15, -0.1) is 0 Å². The second-order valence-electron chi connectivity index (χ2n) is 8.86. The van der Waals surface area contributed by atoms with Crippen LogP contribution in [0.5, 0.6) is 0 Å². The number of hydrogen-bond donors (Lipinski definition) is 2. The molecule has 7 heteroatoms. The fourth-order valence-electron chi connectivity index (χ4n) is 3.61. The number of aliphatic hydroxyl groups excluding tert-OH is 1. The van der Waals surface area contributed by atoms with E-state index in [-0.39, 0.29) is 29.1 Å². The van der Waals surface area contributed by atoms with E-state index in [1.807, 2.05) is 6.07 Å². The van der Waals surface area contributed by atoms with Crippen LogP contribution in [0.1, 0.15) is 64.2 Å². The monoisotopic (exact) mass is 378 g/mol. The molecule has 1 aromatic rings. The number of alkyl carbamates (subject to hydrolysis) is 1. The van der Waals surface area contributed by atoms with Gasteiger partial charge < -0.3 is 15.2 Å². The number of amides is 1. The number of aliphatic hydroxyl groups is 1. The Morgan fingerprint density at radius 1 is 1.41 bits per heavy atom. The van der Waals surface area contributed by atoms with Gasteiger partial charge in [-0.1, -0.05) is 13.8 Å². The summed E-state index contributed by atoms with van der Waals surface area (Å²) in [4.78, 5) is 23.2. The smallest absolute Gasteiger partial charge is 0.407 e. The molecule has 1 atom stereocenters. The number of rotatable bonds is 5. The Morgan fingerprint density at radius 2 is 2.07 bits per heavy atom. The number of benzene rings is 1. The van der Waals surface area contributed by atoms with Crippen molar-refractivity contribution in [2.45, 2.75) is 77.4 Å². The van der Waals surface area contributed by atoms with Crippen molar-refractivity contribution in [2.24, 2.45) is 0 Å². The molecule has 0 spiro atoms. The van der Waals surface area contributed by atoms with Crippen molar-refractivity contribution in [3.63, 3.8) is 0 Å². The lowest BCUT2D eigenvalue weighted by Crippen LogP contribution is -2.42. The van der Waals surface area contributed by atoms with Gasteiger partial charge in [-0.2, -0.15) is 0 Å². The predicted octanol–water partition coefficient (Wildman–Crippen LogP) is 3.64. The topological polar surface area (TPSA) is 102 Å². The Labute approximate surface area is 160 Å². The molecule has 150 valence electrons. The van der Waals surface area contributed by atoms with Crippen LogP contribution >= 0.6 is 0 Å². The molecule has 0 saturated heterocycles. The molecule has 0 aliphatic heterocycles. The maximum Gasteiger partial charge on any atom is 0.407 e. The second-order valence-corrected chi connectivity index (χ2v) is 8.86. The highest BCUT2D eigenvalue weighted by Gasteiger charge is 2.31. The minimum Gasteiger partial charge on any atom is -0.444 e. The summed E-state index contributed by atoms with van der Waals surface area (Å²) in [7, 11) is 0. The Bertz CT molecular complexity index is 722. The first kappa shape index (κ1) is 21.2. The van der Waals surface area contributed by atoms with Gasteiger partial charge in [-0.25, -0.2) is 4.79 Å². The highest BCUT2D eigenvalue weighted by atomic mass is 16.6. The first-order valence-electron chi connectivity index (χ1n) is 9.34. The number of nitro benzene ring substituents is 1. The van der Waals surface area contributed by atoms with E-state index in [9.17, 15) is 20.0 Å². The van der Waals surface area contributed by atoms with Crippen LogP contribution in [0.15, 0.2) is 12.1 Å². The van der Waals surface area contributed by atoms with Gasteiger partial charge in [-0.05, 0) is 62.6 Å². The van der Waals surface area contributed by atoms with Crippen molar-refractivity contribution >= 4 is 11.8 Å². The standard InChI is InChI=1S/C20H30N2O5/c1-19(2,3)27-18(24)21-15(12-23)10-14-9-13-7-6-8-20(4,5)16(13)11-17(14)22(25)26/h9,11,15,23H,6-8,10,12H2,1-5H3,(H,21,24). The summed E-state index contributed by atoms with van der Waals surface area (Å²) in [5.74, 6) is 0. The van der Waals surface area contributed by atoms with Gasteiger partial charge in [0.2, 0.25) is 0 Å². The van der Waals surface area contributed by atoms with Crippen LogP contribution < -0.4 is 5.32 Å². The Hall–Kier alpha value is -2.15. The number of ether oxygens (including phenoxy) is 1. The van der Waals surface area contributed by atoms with Crippen molar-refractivity contribution in [2.75, 3.05) is 6.61 Å². The first-order valence-corrected chi connectivity index (χ1v) is 9.34. The summed E-state index contributed by atoms with van der Waals surface area (Å²) < 4.78 is 5.21. The molecule has 0 heterocycles. The van der Waals surface area contributed by atoms with Crippen LogP contribution in [0.4, 0.5) is 10.5 Å². The molecule has 1 aliphatic carbocycles. The molecule has 7 nitrogen and oxygen atoms in total. The van der Waals surface area contributed by atoms with Gasteiger partial charge in [0.1, 0.15) is 5.60 Å². The number of aryl methyl sites for hydroxylation is 1. The number of carbonyl (C=O) groups is 1. The maximum absolute atomic E-state index is 12.0. The third kappa shape index (κ3) is 5.42. The third-order valence-corrected chi connectivity index (χ3v) is 4.89. The highest BCUT2D eigenvalue weighted by molar-refractivity contribution is 5.68. The van der Waals surface area contributed by atoms with E-state index in [0.29, 0.717) is 5.56 Å². The van der Waals surface area contributed by atoms with Gasteiger partial charge in [0.25, 0.3) is 5.69 Å². The summed E-state index contributed by atoms with van der Waals surface area (Å²) in [6.07, 6.45) is 2.43. The molecule has 0 aromatic heterocycles. The molecular weight excluding hydrogens is 348 g/mol. The van der Waals surface area contributed by atoms with Crippen LogP contribution in [-0.4, -0.2) is 34.4 Å². The van der Waals surface area contributed by atoms with E-state index in [0.717, 1.165) is 30.4 Å². The molecule has 0 radical (unpaired) electrons. The van der Waals surface area contributed by atoms with E-state index >= 15 is 0 Å². The number of fused-ring (bicyclic) bond motifs is 1. The number of nitrogens with zero attached hydrogens (tertiary/aromatic N) is 1. The summed E-state index contributed by atoms with van der Waals surface area (Å²) >= 11 is 0. The molecule has 0 fully saturated rings. The van der Waals surface area contributed by atoms with Gasteiger partial charge in [0.15, 0.2) is 0 Å². The van der Waals surface area contributed by atoms with E-state index in [1.165, 1.54) is 0 Å². The molecule has 27 heavy (non-hydrogen) atoms. The molecule has 0 bridgehead atoms. The third-order valence-electron chi connectivity index (χ3n) is 4.89. The van der Waals surface area contributed by atoms with Gasteiger partial charge in [0.05, 0.1) is 17.6 Å². The van der Waals surface area contributed by atoms with Crippen LogP contribution in [0.3, 0.4) is 0 Å². The van der Waals surface area contributed by atoms with Crippen LogP contribution in [0, 0.1) is 10.1 Å². The average molecular weight is 378 g/mol. The summed E-state index contributed by atoms with van der Waals surface area (Å²) in [5.41, 5.74) is 1.93. The zero-order valence-electron chi connectivity index (χ0n) is 16.8. The molecule has 2 N–H and O–H groups in total. The minimum atomic E-state index is -0.659. The maximum atomic E-state index is 12.0. The largest absolute Gasteiger partial charge is 0.444 e. The van der Waals surface area contributed by atoms with Gasteiger partial charge in [-0.3, -0.25) is 10.1 Å². The molecule has 0 saturated carbocycles. The lowest BCUT2D eigenvalue weighted by atomic mass is 9.72. The van der Waals surface area contributed by atoms with E-state index in [2.05, 4.69) is 19.2 Å². The fraction of sp³-hybridized carbons (Fsp3) is 0.650. The van der Waals surface area contributed by atoms with Crippen LogP contribution in [0.2, 0.25) is 0 Å². The zero-order valence-corrected chi connectivity index (χ0v) is 16.8. The number of nitro groups is 1. The van der Waals surface area contributed by atoms with Crippen molar-refractivity contribution in [1.29, 1.82) is 0 Å². The minimum absolute atomic E-state index is 0.0353. The normalized spacial score (nSPS) is 17.0. The first-order chi connectivity index (χ1) is 12.4. The van der Waals surface area contributed by atoms with Gasteiger partial charge >= 0.3 is 6.09 Å². The van der Waals surface area contributed by atoms with E-state index < -0.39 is 17.7 Å². The molecule has 2 rings (SSSR count).